The summed E-state index contributed by atoms with van der Waals surface area (Å²) in [6.45, 7) is 6.65. The zero-order valence-electron chi connectivity index (χ0n) is 11.4. The van der Waals surface area contributed by atoms with Crippen molar-refractivity contribution in [3.05, 3.63) is 29.8 Å². The lowest BCUT2D eigenvalue weighted by Crippen LogP contribution is -2.24. The van der Waals surface area contributed by atoms with E-state index in [9.17, 15) is 8.42 Å². The van der Waals surface area contributed by atoms with Gasteiger partial charge in [-0.05, 0) is 43.9 Å². The van der Waals surface area contributed by atoms with Crippen LogP contribution in [0.3, 0.4) is 0 Å². The Hall–Kier alpha value is -0.870. The van der Waals surface area contributed by atoms with E-state index in [4.69, 9.17) is 5.73 Å². The molecule has 1 aromatic carbocycles. The van der Waals surface area contributed by atoms with Gasteiger partial charge in [-0.1, -0.05) is 31.5 Å². The first-order chi connectivity index (χ1) is 8.27. The highest BCUT2D eigenvalue weighted by Gasteiger charge is 2.19. The van der Waals surface area contributed by atoms with E-state index in [1.807, 2.05) is 19.1 Å². The van der Waals surface area contributed by atoms with Gasteiger partial charge in [0.15, 0.2) is 9.84 Å². The molecule has 0 aliphatic carbocycles. The molecule has 18 heavy (non-hydrogen) atoms. The number of benzene rings is 1. The van der Waals surface area contributed by atoms with Crippen molar-refractivity contribution in [3.8, 4) is 0 Å². The molecule has 0 saturated carbocycles. The van der Waals surface area contributed by atoms with Crippen molar-refractivity contribution < 1.29 is 8.42 Å². The lowest BCUT2D eigenvalue weighted by atomic mass is 9.88. The molecule has 0 spiro atoms. The smallest absolute Gasteiger partial charge is 0.178 e. The van der Waals surface area contributed by atoms with E-state index in [0.717, 1.165) is 12.0 Å². The van der Waals surface area contributed by atoms with Crippen molar-refractivity contribution in [2.24, 2.45) is 11.1 Å². The van der Waals surface area contributed by atoms with Crippen molar-refractivity contribution in [1.29, 1.82) is 0 Å². The molecule has 0 amide bonds. The third-order valence-corrected chi connectivity index (χ3v) is 5.02. The van der Waals surface area contributed by atoms with Crippen LogP contribution in [0, 0.1) is 12.3 Å². The SMILES string of the molecule is Cc1ccc(S(=O)(=O)CCCC(C)(C)CN)cc1. The summed E-state index contributed by atoms with van der Waals surface area (Å²) in [6, 6.07) is 7.02. The van der Waals surface area contributed by atoms with Gasteiger partial charge in [0, 0.05) is 0 Å². The molecule has 0 aliphatic rings. The number of hydrogen-bond donors (Lipinski definition) is 1. The Bertz CT molecular complexity index is 475. The van der Waals surface area contributed by atoms with E-state index < -0.39 is 9.84 Å². The third-order valence-electron chi connectivity index (χ3n) is 3.20. The van der Waals surface area contributed by atoms with Crippen molar-refractivity contribution >= 4 is 9.84 Å². The van der Waals surface area contributed by atoms with E-state index >= 15 is 0 Å². The Morgan fingerprint density at radius 1 is 1.17 bits per heavy atom. The Labute approximate surface area is 110 Å². The fourth-order valence-corrected chi connectivity index (χ4v) is 3.02. The molecule has 0 unspecified atom stereocenters. The normalized spacial score (nSPS) is 12.7. The molecular formula is C14H23NO2S. The predicted octanol–water partition coefficient (Wildman–Crippen LogP) is 2.53. The largest absolute Gasteiger partial charge is 0.330 e. The topological polar surface area (TPSA) is 60.2 Å². The minimum atomic E-state index is -3.15. The van der Waals surface area contributed by atoms with Gasteiger partial charge in [0.25, 0.3) is 0 Å². The van der Waals surface area contributed by atoms with Crippen LogP contribution in [0.4, 0.5) is 0 Å². The summed E-state index contributed by atoms with van der Waals surface area (Å²) >= 11 is 0. The maximum absolute atomic E-state index is 12.1. The number of nitrogens with two attached hydrogens (primary N) is 1. The van der Waals surface area contributed by atoms with Gasteiger partial charge in [-0.2, -0.15) is 0 Å². The average molecular weight is 269 g/mol. The fraction of sp³-hybridized carbons (Fsp3) is 0.571. The van der Waals surface area contributed by atoms with Crippen LogP contribution in [-0.2, 0) is 9.84 Å². The van der Waals surface area contributed by atoms with Gasteiger partial charge < -0.3 is 5.73 Å². The maximum Gasteiger partial charge on any atom is 0.178 e. The summed E-state index contributed by atoms with van der Waals surface area (Å²) in [7, 11) is -3.15. The van der Waals surface area contributed by atoms with Crippen LogP contribution in [0.2, 0.25) is 0 Å². The van der Waals surface area contributed by atoms with Gasteiger partial charge in [-0.3, -0.25) is 0 Å². The van der Waals surface area contributed by atoms with Crippen LogP contribution in [-0.4, -0.2) is 20.7 Å². The Balaban J connectivity index is 2.63. The van der Waals surface area contributed by atoms with Crippen molar-refractivity contribution in [2.75, 3.05) is 12.3 Å². The Kier molecular flexibility index (Phi) is 4.93. The average Bonchev–Trinajstić information content (AvgIpc) is 2.29. The molecule has 0 bridgehead atoms. The molecule has 0 aromatic heterocycles. The van der Waals surface area contributed by atoms with Gasteiger partial charge in [0.2, 0.25) is 0 Å². The summed E-state index contributed by atoms with van der Waals surface area (Å²) in [6.07, 6.45) is 1.48. The zero-order chi connectivity index (χ0) is 13.8. The van der Waals surface area contributed by atoms with Crippen LogP contribution in [0.5, 0.6) is 0 Å². The van der Waals surface area contributed by atoms with Gasteiger partial charge in [-0.25, -0.2) is 8.42 Å². The predicted molar refractivity (Wildman–Crippen MR) is 75.3 cm³/mol. The van der Waals surface area contributed by atoms with Crippen molar-refractivity contribution in [3.63, 3.8) is 0 Å². The van der Waals surface area contributed by atoms with E-state index in [-0.39, 0.29) is 11.2 Å². The third kappa shape index (κ3) is 4.42. The maximum atomic E-state index is 12.1. The Morgan fingerprint density at radius 2 is 1.72 bits per heavy atom. The molecule has 0 atom stereocenters. The Morgan fingerprint density at radius 3 is 2.22 bits per heavy atom. The van der Waals surface area contributed by atoms with Gasteiger partial charge >= 0.3 is 0 Å². The first-order valence-corrected chi connectivity index (χ1v) is 7.92. The summed E-state index contributed by atoms with van der Waals surface area (Å²) < 4.78 is 24.2. The molecule has 1 rings (SSSR count). The quantitative estimate of drug-likeness (QED) is 0.863. The van der Waals surface area contributed by atoms with Crippen molar-refractivity contribution in [1.82, 2.24) is 0 Å². The molecule has 0 aliphatic heterocycles. The van der Waals surface area contributed by atoms with Crippen LogP contribution >= 0.6 is 0 Å². The minimum absolute atomic E-state index is 0.0167. The lowest BCUT2D eigenvalue weighted by molar-refractivity contribution is 0.344. The molecule has 0 heterocycles. The molecule has 0 saturated heterocycles. The van der Waals surface area contributed by atoms with E-state index in [1.165, 1.54) is 0 Å². The second-order valence-electron chi connectivity index (χ2n) is 5.60. The number of hydrogen-bond acceptors (Lipinski definition) is 3. The first-order valence-electron chi connectivity index (χ1n) is 6.26. The minimum Gasteiger partial charge on any atom is -0.330 e. The molecule has 2 N–H and O–H groups in total. The summed E-state index contributed by atoms with van der Waals surface area (Å²) in [4.78, 5) is 0.415. The number of aryl methyl sites for hydroxylation is 1. The molecule has 0 fully saturated rings. The second-order valence-corrected chi connectivity index (χ2v) is 7.71. The summed E-state index contributed by atoms with van der Waals surface area (Å²) in [5.41, 5.74) is 6.72. The molecule has 1 aromatic rings. The number of sulfone groups is 1. The molecule has 4 heteroatoms. The molecular weight excluding hydrogens is 246 g/mol. The highest BCUT2D eigenvalue weighted by molar-refractivity contribution is 7.91. The van der Waals surface area contributed by atoms with Crippen LogP contribution in [0.1, 0.15) is 32.3 Å². The molecule has 102 valence electrons. The second kappa shape index (κ2) is 5.85. The van der Waals surface area contributed by atoms with Gasteiger partial charge in [-0.15, -0.1) is 0 Å². The zero-order valence-corrected chi connectivity index (χ0v) is 12.3. The van der Waals surface area contributed by atoms with E-state index in [1.54, 1.807) is 12.1 Å². The van der Waals surface area contributed by atoms with Gasteiger partial charge in [0.1, 0.15) is 0 Å². The number of rotatable bonds is 6. The molecule has 0 radical (unpaired) electrons. The lowest BCUT2D eigenvalue weighted by Gasteiger charge is -2.21. The standard InChI is InChI=1S/C14H23NO2S/c1-12-5-7-13(8-6-12)18(16,17)10-4-9-14(2,3)11-15/h5-8H,4,9-11,15H2,1-3H3. The van der Waals surface area contributed by atoms with Crippen LogP contribution < -0.4 is 5.73 Å². The van der Waals surface area contributed by atoms with E-state index in [0.29, 0.717) is 17.9 Å². The van der Waals surface area contributed by atoms with E-state index in [2.05, 4.69) is 13.8 Å². The highest BCUT2D eigenvalue weighted by Crippen LogP contribution is 2.22. The van der Waals surface area contributed by atoms with Crippen LogP contribution in [0.25, 0.3) is 0 Å². The van der Waals surface area contributed by atoms with Crippen LogP contribution in [0.15, 0.2) is 29.2 Å². The monoisotopic (exact) mass is 269 g/mol. The van der Waals surface area contributed by atoms with Gasteiger partial charge in [0.05, 0.1) is 10.6 Å². The fourth-order valence-electron chi connectivity index (χ4n) is 1.71. The molecule has 3 nitrogen and oxygen atoms in total. The summed E-state index contributed by atoms with van der Waals surface area (Å²) in [5.74, 6) is 0.194. The first kappa shape index (κ1) is 15.2. The highest BCUT2D eigenvalue weighted by atomic mass is 32.2. The summed E-state index contributed by atoms with van der Waals surface area (Å²) in [5, 5.41) is 0. The van der Waals surface area contributed by atoms with Crippen molar-refractivity contribution in [2.45, 2.75) is 38.5 Å².